The number of aliphatic hydroxyl groups is 1. The fraction of sp³-hybridized carbons (Fsp3) is 0.375. The van der Waals surface area contributed by atoms with Gasteiger partial charge in [-0.15, -0.1) is 0 Å². The highest BCUT2D eigenvalue weighted by Crippen LogP contribution is 2.36. The Labute approximate surface area is 186 Å². The molecule has 5 rings (SSSR count). The predicted molar refractivity (Wildman–Crippen MR) is 118 cm³/mol. The van der Waals surface area contributed by atoms with Crippen LogP contribution in [0.25, 0.3) is 0 Å². The average molecular weight is 434 g/mol. The molecule has 3 aliphatic rings. The molecule has 8 nitrogen and oxygen atoms in total. The minimum Gasteiger partial charge on any atom is -0.389 e. The van der Waals surface area contributed by atoms with Crippen molar-refractivity contribution in [1.29, 1.82) is 0 Å². The Kier molecular flexibility index (Phi) is 5.19. The molecule has 3 heterocycles. The lowest BCUT2D eigenvalue weighted by atomic mass is 9.93. The van der Waals surface area contributed by atoms with Crippen LogP contribution in [-0.2, 0) is 22.7 Å². The first-order valence-corrected chi connectivity index (χ1v) is 10.9. The Bertz CT molecular complexity index is 1100. The molecule has 3 aliphatic heterocycles. The van der Waals surface area contributed by atoms with Gasteiger partial charge in [0.2, 0.25) is 11.8 Å². The number of likely N-dealkylation sites (N-methyl/N-ethyl adjacent to an activating group) is 1. The molecule has 2 aromatic carbocycles. The first-order chi connectivity index (χ1) is 15.4. The summed E-state index contributed by atoms with van der Waals surface area (Å²) in [4.78, 5) is 40.6. The van der Waals surface area contributed by atoms with Gasteiger partial charge in [0.15, 0.2) is 0 Å². The van der Waals surface area contributed by atoms with Gasteiger partial charge in [-0.3, -0.25) is 24.6 Å². The van der Waals surface area contributed by atoms with Gasteiger partial charge in [-0.05, 0) is 42.3 Å². The van der Waals surface area contributed by atoms with Crippen LogP contribution in [0.2, 0.25) is 0 Å². The van der Waals surface area contributed by atoms with Crippen LogP contribution in [-0.4, -0.2) is 58.4 Å². The monoisotopic (exact) mass is 434 g/mol. The van der Waals surface area contributed by atoms with E-state index in [0.717, 1.165) is 22.4 Å². The third kappa shape index (κ3) is 3.45. The second-order valence-electron chi connectivity index (χ2n) is 8.74. The summed E-state index contributed by atoms with van der Waals surface area (Å²) >= 11 is 0. The van der Waals surface area contributed by atoms with Crippen LogP contribution in [0.1, 0.15) is 45.9 Å². The van der Waals surface area contributed by atoms with Gasteiger partial charge in [-0.25, -0.2) is 0 Å². The highest BCUT2D eigenvalue weighted by Gasteiger charge is 2.40. The number of carbonyl (C=O) groups is 3. The third-order valence-electron chi connectivity index (χ3n) is 6.72. The molecule has 3 N–H and O–H groups in total. The molecule has 166 valence electrons. The number of fused-ring (bicyclic) bond motifs is 2. The van der Waals surface area contributed by atoms with Gasteiger partial charge < -0.3 is 15.3 Å². The molecule has 0 radical (unpaired) electrons. The average Bonchev–Trinajstić information content (AvgIpc) is 3.11. The maximum atomic E-state index is 13.1. The smallest absolute Gasteiger partial charge is 0.255 e. The van der Waals surface area contributed by atoms with Crippen LogP contribution >= 0.6 is 0 Å². The number of rotatable bonds is 4. The number of hydrogen-bond acceptors (Lipinski definition) is 6. The minimum atomic E-state index is -0.628. The first-order valence-electron chi connectivity index (χ1n) is 10.9. The van der Waals surface area contributed by atoms with Crippen LogP contribution in [0.4, 0.5) is 5.69 Å². The van der Waals surface area contributed by atoms with E-state index >= 15 is 0 Å². The molecule has 1 unspecified atom stereocenters. The topological polar surface area (TPSA) is 102 Å². The van der Waals surface area contributed by atoms with Crippen molar-refractivity contribution in [1.82, 2.24) is 15.1 Å². The van der Waals surface area contributed by atoms with Gasteiger partial charge in [0.1, 0.15) is 6.04 Å². The molecule has 0 saturated carbocycles. The van der Waals surface area contributed by atoms with E-state index in [1.807, 2.05) is 43.4 Å². The van der Waals surface area contributed by atoms with Gasteiger partial charge in [0.25, 0.3) is 5.91 Å². The number of aliphatic hydroxyl groups excluding tert-OH is 1. The number of hydrogen-bond donors (Lipinski definition) is 3. The van der Waals surface area contributed by atoms with Crippen LogP contribution < -0.4 is 10.6 Å². The molecule has 0 aliphatic carbocycles. The molecule has 32 heavy (non-hydrogen) atoms. The Hall–Kier alpha value is -3.23. The fourth-order valence-corrected chi connectivity index (χ4v) is 5.15. The van der Waals surface area contributed by atoms with Crippen molar-refractivity contribution in [3.8, 4) is 0 Å². The quantitative estimate of drug-likeness (QED) is 0.629. The van der Waals surface area contributed by atoms with Crippen molar-refractivity contribution in [3.63, 3.8) is 0 Å². The molecular weight excluding hydrogens is 408 g/mol. The van der Waals surface area contributed by atoms with Gasteiger partial charge in [-0.1, -0.05) is 30.3 Å². The minimum absolute atomic E-state index is 0.174. The molecule has 1 fully saturated rings. The lowest BCUT2D eigenvalue weighted by molar-refractivity contribution is -0.136. The van der Waals surface area contributed by atoms with Gasteiger partial charge in [-0.2, -0.15) is 0 Å². The Morgan fingerprint density at radius 2 is 1.94 bits per heavy atom. The van der Waals surface area contributed by atoms with Crippen LogP contribution in [0, 0.1) is 0 Å². The normalized spacial score (nSPS) is 24.8. The maximum Gasteiger partial charge on any atom is 0.255 e. The Balaban J connectivity index is 1.40. The standard InChI is InChI=1S/C24H26N4O4/c1-27(22-16-6-2-3-8-18(16)25-11-20(22)29)12-14-5-4-7-15-17(14)13-28(24(15)32)19-9-10-21(30)26-23(19)31/h2-8,19-20,22,25,29H,9-13H2,1H3,(H,26,30,31)/t19?,20-,22-/m0/s1. The van der Waals surface area contributed by atoms with E-state index < -0.39 is 18.1 Å². The van der Waals surface area contributed by atoms with Crippen molar-refractivity contribution in [2.75, 3.05) is 18.9 Å². The van der Waals surface area contributed by atoms with E-state index in [-0.39, 0.29) is 24.3 Å². The largest absolute Gasteiger partial charge is 0.389 e. The summed E-state index contributed by atoms with van der Waals surface area (Å²) in [6, 6.07) is 12.8. The second-order valence-corrected chi connectivity index (χ2v) is 8.74. The Morgan fingerprint density at radius 1 is 1.12 bits per heavy atom. The van der Waals surface area contributed by atoms with Crippen LogP contribution in [0.15, 0.2) is 42.5 Å². The predicted octanol–water partition coefficient (Wildman–Crippen LogP) is 1.41. The van der Waals surface area contributed by atoms with Gasteiger partial charge >= 0.3 is 0 Å². The number of anilines is 1. The highest BCUT2D eigenvalue weighted by atomic mass is 16.3. The van der Waals surface area contributed by atoms with Crippen molar-refractivity contribution in [2.45, 2.75) is 44.1 Å². The number of imide groups is 1. The molecule has 0 spiro atoms. The lowest BCUT2D eigenvalue weighted by Gasteiger charge is -2.37. The number of nitrogens with one attached hydrogen (secondary N) is 2. The van der Waals surface area contributed by atoms with Crippen LogP contribution in [0.5, 0.6) is 0 Å². The summed E-state index contributed by atoms with van der Waals surface area (Å²) in [5.41, 5.74) is 4.57. The molecule has 3 atom stereocenters. The van der Waals surface area contributed by atoms with E-state index in [9.17, 15) is 19.5 Å². The third-order valence-corrected chi connectivity index (χ3v) is 6.72. The molecule has 1 saturated heterocycles. The zero-order valence-corrected chi connectivity index (χ0v) is 17.9. The van der Waals surface area contributed by atoms with Crippen molar-refractivity contribution >= 4 is 23.4 Å². The molecular formula is C24H26N4O4. The van der Waals surface area contributed by atoms with Crippen molar-refractivity contribution in [2.24, 2.45) is 0 Å². The summed E-state index contributed by atoms with van der Waals surface area (Å²) in [6.07, 6.45) is 0.0184. The van der Waals surface area contributed by atoms with Gasteiger partial charge in [0.05, 0.1) is 12.1 Å². The second kappa shape index (κ2) is 8.03. The maximum absolute atomic E-state index is 13.1. The van der Waals surface area contributed by atoms with Crippen LogP contribution in [0.3, 0.4) is 0 Å². The SMILES string of the molecule is CN(Cc1cccc2c1CN(C1CCC(=O)NC1=O)C2=O)[C@H]1c2ccccc2NC[C@@H]1O. The number of β-amino-alcohol motifs (C(OH)–C–C–N with tert-alkyl or cyclic N) is 1. The zero-order chi connectivity index (χ0) is 22.4. The number of para-hydroxylation sites is 1. The molecule has 3 amide bonds. The van der Waals surface area contributed by atoms with E-state index in [4.69, 9.17) is 0 Å². The molecule has 8 heteroatoms. The fourth-order valence-electron chi connectivity index (χ4n) is 5.15. The number of amides is 3. The van der Waals surface area contributed by atoms with E-state index in [1.54, 1.807) is 11.0 Å². The molecule has 0 aromatic heterocycles. The number of carbonyl (C=O) groups excluding carboxylic acids is 3. The summed E-state index contributed by atoms with van der Waals surface area (Å²) in [6.45, 7) is 1.37. The number of nitrogens with zero attached hydrogens (tertiary/aromatic N) is 2. The summed E-state index contributed by atoms with van der Waals surface area (Å²) in [7, 11) is 1.98. The van der Waals surface area contributed by atoms with E-state index in [1.165, 1.54) is 0 Å². The lowest BCUT2D eigenvalue weighted by Crippen LogP contribution is -2.52. The summed E-state index contributed by atoms with van der Waals surface area (Å²) in [5, 5.41) is 16.3. The molecule has 2 aromatic rings. The Morgan fingerprint density at radius 3 is 2.75 bits per heavy atom. The molecule has 0 bridgehead atoms. The van der Waals surface area contributed by atoms with Crippen molar-refractivity contribution in [3.05, 3.63) is 64.7 Å². The highest BCUT2D eigenvalue weighted by molar-refractivity contribution is 6.05. The summed E-state index contributed by atoms with van der Waals surface area (Å²) in [5.74, 6) is -0.875. The number of piperidine rings is 1. The van der Waals surface area contributed by atoms with E-state index in [0.29, 0.717) is 31.6 Å². The number of benzene rings is 2. The zero-order valence-electron chi connectivity index (χ0n) is 17.9. The van der Waals surface area contributed by atoms with E-state index in [2.05, 4.69) is 15.5 Å². The van der Waals surface area contributed by atoms with Crippen molar-refractivity contribution < 1.29 is 19.5 Å². The first kappa shape index (κ1) is 20.7. The summed E-state index contributed by atoms with van der Waals surface area (Å²) < 4.78 is 0. The van der Waals surface area contributed by atoms with Gasteiger partial charge in [0, 0.05) is 37.3 Å².